The van der Waals surface area contributed by atoms with Gasteiger partial charge in [-0.25, -0.2) is 0 Å². The molecule has 3 heteroatoms. The van der Waals surface area contributed by atoms with E-state index in [9.17, 15) is 0 Å². The summed E-state index contributed by atoms with van der Waals surface area (Å²) in [5.74, 6) is 0. The first-order chi connectivity index (χ1) is 14.8. The van der Waals surface area contributed by atoms with Crippen molar-refractivity contribution in [2.45, 2.75) is 26.2 Å². The Balaban J connectivity index is 1.70. The van der Waals surface area contributed by atoms with Crippen LogP contribution in [-0.4, -0.2) is 9.55 Å². The first-order valence-corrected chi connectivity index (χ1v) is 10.6. The van der Waals surface area contributed by atoms with Gasteiger partial charge in [-0.3, -0.25) is 4.98 Å². The van der Waals surface area contributed by atoms with Crippen LogP contribution in [0.3, 0.4) is 0 Å². The highest BCUT2D eigenvalue weighted by atomic mass is 16.3. The van der Waals surface area contributed by atoms with Crippen molar-refractivity contribution in [1.82, 2.24) is 9.55 Å². The van der Waals surface area contributed by atoms with E-state index in [1.165, 1.54) is 40.2 Å². The van der Waals surface area contributed by atoms with Gasteiger partial charge in [0.2, 0.25) is 0 Å². The van der Waals surface area contributed by atoms with Crippen LogP contribution in [0.2, 0.25) is 0 Å². The van der Waals surface area contributed by atoms with Crippen LogP contribution in [0.1, 0.15) is 25.3 Å². The fourth-order valence-electron chi connectivity index (χ4n) is 4.60. The molecule has 0 saturated carbocycles. The van der Waals surface area contributed by atoms with E-state index in [4.69, 9.17) is 4.42 Å². The van der Waals surface area contributed by atoms with Gasteiger partial charge in [0.05, 0.1) is 16.7 Å². The molecule has 0 aliphatic carbocycles. The summed E-state index contributed by atoms with van der Waals surface area (Å²) < 4.78 is 8.63. The molecule has 0 N–H and O–H groups in total. The molecule has 0 saturated heterocycles. The van der Waals surface area contributed by atoms with Gasteiger partial charge in [0.1, 0.15) is 5.52 Å². The number of pyridine rings is 1. The van der Waals surface area contributed by atoms with Gasteiger partial charge < -0.3 is 8.98 Å². The predicted molar refractivity (Wildman–Crippen MR) is 124 cm³/mol. The molecule has 0 bridgehead atoms. The summed E-state index contributed by atoms with van der Waals surface area (Å²) >= 11 is 0. The number of hydrogen-bond donors (Lipinski definition) is 0. The largest absolute Gasteiger partial charge is 0.452 e. The Hall–Kier alpha value is -3.59. The number of fused-ring (bicyclic) bond motifs is 6. The highest BCUT2D eigenvalue weighted by molar-refractivity contribution is 6.12. The first-order valence-electron chi connectivity index (χ1n) is 10.6. The molecule has 3 heterocycles. The van der Waals surface area contributed by atoms with E-state index in [0.29, 0.717) is 0 Å². The van der Waals surface area contributed by atoms with Crippen LogP contribution in [0.4, 0.5) is 0 Å². The van der Waals surface area contributed by atoms with Crippen LogP contribution in [-0.2, 0) is 6.42 Å². The zero-order valence-electron chi connectivity index (χ0n) is 16.9. The number of rotatable bonds is 4. The second kappa shape index (κ2) is 6.74. The van der Waals surface area contributed by atoms with Crippen molar-refractivity contribution in [3.63, 3.8) is 0 Å². The zero-order chi connectivity index (χ0) is 20.1. The highest BCUT2D eigenvalue weighted by Crippen LogP contribution is 2.37. The minimum absolute atomic E-state index is 0.822. The highest BCUT2D eigenvalue weighted by Gasteiger charge is 2.17. The van der Waals surface area contributed by atoms with Gasteiger partial charge in [-0.15, -0.1) is 0 Å². The fourth-order valence-corrected chi connectivity index (χ4v) is 4.60. The number of benzene rings is 3. The zero-order valence-corrected chi connectivity index (χ0v) is 16.9. The first kappa shape index (κ1) is 17.3. The Morgan fingerprint density at radius 2 is 1.70 bits per heavy atom. The van der Waals surface area contributed by atoms with Crippen molar-refractivity contribution >= 4 is 43.9 Å². The molecule has 30 heavy (non-hydrogen) atoms. The Labute approximate surface area is 174 Å². The van der Waals surface area contributed by atoms with E-state index in [1.807, 2.05) is 18.3 Å². The molecule has 146 valence electrons. The van der Waals surface area contributed by atoms with Gasteiger partial charge >= 0.3 is 0 Å². The smallest absolute Gasteiger partial charge is 0.161 e. The lowest BCUT2D eigenvalue weighted by Crippen LogP contribution is -1.94. The number of para-hydroxylation sites is 2. The van der Waals surface area contributed by atoms with Crippen LogP contribution >= 0.6 is 0 Å². The summed E-state index contributed by atoms with van der Waals surface area (Å²) in [7, 11) is 0. The van der Waals surface area contributed by atoms with Gasteiger partial charge in [0.25, 0.3) is 0 Å². The van der Waals surface area contributed by atoms with Crippen LogP contribution in [0.15, 0.2) is 83.4 Å². The Morgan fingerprint density at radius 1 is 0.833 bits per heavy atom. The van der Waals surface area contributed by atoms with Crippen molar-refractivity contribution in [3.8, 4) is 5.69 Å². The number of nitrogens with zero attached hydrogens (tertiary/aromatic N) is 2. The maximum Gasteiger partial charge on any atom is 0.161 e. The number of hydrogen-bond acceptors (Lipinski definition) is 2. The minimum atomic E-state index is 0.822. The molecule has 6 rings (SSSR count). The molecule has 3 aromatic heterocycles. The van der Waals surface area contributed by atoms with Crippen molar-refractivity contribution < 1.29 is 4.42 Å². The number of furan rings is 1. The maximum atomic E-state index is 6.30. The van der Waals surface area contributed by atoms with E-state index < -0.39 is 0 Å². The average Bonchev–Trinajstić information content (AvgIpc) is 3.33. The second-order valence-corrected chi connectivity index (χ2v) is 7.91. The van der Waals surface area contributed by atoms with E-state index >= 15 is 0 Å². The van der Waals surface area contributed by atoms with E-state index in [0.717, 1.165) is 34.2 Å². The molecule has 6 aromatic rings. The third-order valence-electron chi connectivity index (χ3n) is 6.03. The normalized spacial score (nSPS) is 11.9. The quantitative estimate of drug-likeness (QED) is 0.313. The number of aromatic nitrogens is 2. The molecule has 0 atom stereocenters. The summed E-state index contributed by atoms with van der Waals surface area (Å²) in [6.45, 7) is 2.24. The molecular weight excluding hydrogens is 368 g/mol. The SMILES string of the molecule is CCCCc1ccc2c(c1)c1ccccc1n2-c1cccc2c1oc1cccnc12. The van der Waals surface area contributed by atoms with Crippen molar-refractivity contribution in [2.24, 2.45) is 0 Å². The fraction of sp³-hybridized carbons (Fsp3) is 0.148. The summed E-state index contributed by atoms with van der Waals surface area (Å²) in [6.07, 6.45) is 5.37. The van der Waals surface area contributed by atoms with Crippen LogP contribution < -0.4 is 0 Å². The molecule has 3 nitrogen and oxygen atoms in total. The summed E-state index contributed by atoms with van der Waals surface area (Å²) in [5.41, 5.74) is 7.47. The Morgan fingerprint density at radius 3 is 2.63 bits per heavy atom. The molecule has 0 amide bonds. The molecule has 0 aliphatic rings. The average molecular weight is 390 g/mol. The number of unbranched alkanes of at least 4 members (excludes halogenated alkanes) is 1. The molecular formula is C27H22N2O. The summed E-state index contributed by atoms with van der Waals surface area (Å²) in [6, 6.07) is 25.8. The predicted octanol–water partition coefficient (Wildman–Crippen LogP) is 7.42. The van der Waals surface area contributed by atoms with Gasteiger partial charge in [-0.1, -0.05) is 43.7 Å². The summed E-state index contributed by atoms with van der Waals surface area (Å²) in [5, 5.41) is 3.62. The molecule has 0 aliphatic heterocycles. The van der Waals surface area contributed by atoms with Crippen LogP contribution in [0, 0.1) is 0 Å². The van der Waals surface area contributed by atoms with Crippen LogP contribution in [0.5, 0.6) is 0 Å². The monoisotopic (exact) mass is 390 g/mol. The van der Waals surface area contributed by atoms with Crippen molar-refractivity contribution in [2.75, 3.05) is 0 Å². The second-order valence-electron chi connectivity index (χ2n) is 7.91. The molecule has 0 spiro atoms. The van der Waals surface area contributed by atoms with E-state index in [-0.39, 0.29) is 0 Å². The topological polar surface area (TPSA) is 31.0 Å². The Bertz CT molecular complexity index is 1540. The summed E-state index contributed by atoms with van der Waals surface area (Å²) in [4.78, 5) is 4.55. The van der Waals surface area contributed by atoms with Gasteiger partial charge in [0, 0.05) is 22.4 Å². The number of aryl methyl sites for hydroxylation is 1. The molecule has 0 unspecified atom stereocenters. The van der Waals surface area contributed by atoms with E-state index in [2.05, 4.69) is 77.1 Å². The van der Waals surface area contributed by atoms with Gasteiger partial charge in [-0.2, -0.15) is 0 Å². The lowest BCUT2D eigenvalue weighted by atomic mass is 10.0. The Kier molecular flexibility index (Phi) is 3.88. The third kappa shape index (κ3) is 2.48. The standard InChI is InChI=1S/C27H22N2O/c1-2-3-8-18-14-15-23-21(17-18)19-9-4-5-11-22(19)29(23)24-12-6-10-20-26-25(30-27(20)24)13-7-16-28-26/h4-7,9-17H,2-3,8H2,1H3. The minimum Gasteiger partial charge on any atom is -0.452 e. The lowest BCUT2D eigenvalue weighted by molar-refractivity contribution is 0.665. The lowest BCUT2D eigenvalue weighted by Gasteiger charge is -2.09. The molecule has 0 radical (unpaired) electrons. The van der Waals surface area contributed by atoms with Crippen LogP contribution in [0.25, 0.3) is 49.6 Å². The molecule has 0 fully saturated rings. The third-order valence-corrected chi connectivity index (χ3v) is 6.03. The maximum absolute atomic E-state index is 6.30. The van der Waals surface area contributed by atoms with Crippen molar-refractivity contribution in [3.05, 3.63) is 84.6 Å². The van der Waals surface area contributed by atoms with E-state index in [1.54, 1.807) is 0 Å². The van der Waals surface area contributed by atoms with Gasteiger partial charge in [-0.05, 0) is 60.9 Å². The van der Waals surface area contributed by atoms with Gasteiger partial charge in [0.15, 0.2) is 11.2 Å². The van der Waals surface area contributed by atoms with Crippen molar-refractivity contribution in [1.29, 1.82) is 0 Å². The molecule has 3 aromatic carbocycles.